The normalized spacial score (nSPS) is 21.5. The van der Waals surface area contributed by atoms with Gasteiger partial charge in [-0.05, 0) is 0 Å². The first-order valence-electron chi connectivity index (χ1n) is 9.82. The molecule has 3 atom stereocenters. The number of fused-ring (bicyclic) bond motifs is 6. The summed E-state index contributed by atoms with van der Waals surface area (Å²) in [6.07, 6.45) is 3.32. The third-order valence-electron chi connectivity index (χ3n) is 4.78. The van der Waals surface area contributed by atoms with Gasteiger partial charge in [-0.1, -0.05) is 0 Å². The van der Waals surface area contributed by atoms with Crippen molar-refractivity contribution in [2.24, 2.45) is 17.2 Å². The fourth-order valence-electron chi connectivity index (χ4n) is 3.02. The van der Waals surface area contributed by atoms with Crippen LogP contribution in [0.1, 0.15) is 67.3 Å². The van der Waals surface area contributed by atoms with Gasteiger partial charge in [-0.25, -0.2) is 15.0 Å². The van der Waals surface area contributed by atoms with Gasteiger partial charge in [0.15, 0.2) is 17.1 Å². The van der Waals surface area contributed by atoms with Crippen LogP contribution >= 0.6 is 0 Å². The molecule has 3 aromatic rings. The van der Waals surface area contributed by atoms with E-state index in [-0.39, 0.29) is 54.4 Å². The molecule has 0 saturated carbocycles. The number of oxazole rings is 3. The Kier molecular flexibility index (Phi) is 6.16. The minimum Gasteiger partial charge on any atom is -0.446 e. The predicted molar refractivity (Wildman–Crippen MR) is 107 cm³/mol. The van der Waals surface area contributed by atoms with Gasteiger partial charge in [0.25, 0.3) is 17.7 Å². The summed E-state index contributed by atoms with van der Waals surface area (Å²) in [5.74, 6) is -1.89. The van der Waals surface area contributed by atoms with Crippen LogP contribution in [0.15, 0.2) is 32.0 Å². The van der Waals surface area contributed by atoms with Crippen LogP contribution in [0.5, 0.6) is 0 Å². The Morgan fingerprint density at radius 3 is 1.12 bits per heavy atom. The highest BCUT2D eigenvalue weighted by Crippen LogP contribution is 2.18. The Hall–Kier alpha value is -4.08. The van der Waals surface area contributed by atoms with E-state index in [1.807, 2.05) is 0 Å². The zero-order valence-corrected chi connectivity index (χ0v) is 17.1. The summed E-state index contributed by atoms with van der Waals surface area (Å²) < 4.78 is 16.0. The van der Waals surface area contributed by atoms with Crippen LogP contribution in [0.25, 0.3) is 0 Å². The quantitative estimate of drug-likeness (QED) is 0.255. The Morgan fingerprint density at radius 2 is 0.879 bits per heavy atom. The van der Waals surface area contributed by atoms with Crippen molar-refractivity contribution in [3.05, 3.63) is 53.5 Å². The van der Waals surface area contributed by atoms with Crippen LogP contribution in [-0.4, -0.2) is 52.3 Å². The van der Waals surface area contributed by atoms with Crippen LogP contribution in [0.4, 0.5) is 0 Å². The first kappa shape index (κ1) is 22.1. The highest BCUT2D eigenvalue weighted by Gasteiger charge is 2.28. The number of rotatable bonds is 3. The summed E-state index contributed by atoms with van der Waals surface area (Å²) in [5.41, 5.74) is 17.0. The largest absolute Gasteiger partial charge is 0.446 e. The minimum absolute atomic E-state index is 0.00985. The second-order valence-electron chi connectivity index (χ2n) is 7.00. The molecule has 0 radical (unpaired) electrons. The minimum atomic E-state index is -0.859. The number of nitrogens with one attached hydrogen (secondary N) is 3. The maximum atomic E-state index is 12.6. The van der Waals surface area contributed by atoms with Crippen LogP contribution < -0.4 is 33.2 Å². The topological polar surface area (TPSA) is 243 Å². The Labute approximate surface area is 185 Å². The Bertz CT molecular complexity index is 1020. The highest BCUT2D eigenvalue weighted by molar-refractivity contribution is 5.94. The molecule has 174 valence electrons. The average molecular weight is 459 g/mol. The molecule has 15 nitrogen and oxygen atoms in total. The van der Waals surface area contributed by atoms with Crippen molar-refractivity contribution in [2.45, 2.75) is 18.1 Å². The maximum absolute atomic E-state index is 12.6. The van der Waals surface area contributed by atoms with Crippen molar-refractivity contribution in [3.63, 3.8) is 0 Å². The number of nitrogens with two attached hydrogens (primary N) is 3. The van der Waals surface area contributed by atoms with Gasteiger partial charge in [0.2, 0.25) is 17.7 Å². The molecular weight excluding hydrogens is 438 g/mol. The molecule has 4 heterocycles. The van der Waals surface area contributed by atoms with Gasteiger partial charge in [-0.2, -0.15) is 0 Å². The molecule has 0 fully saturated rings. The highest BCUT2D eigenvalue weighted by atomic mass is 16.4. The molecule has 4 rings (SSSR count). The molecule has 3 aromatic heterocycles. The predicted octanol–water partition coefficient (Wildman–Crippen LogP) is -1.75. The molecule has 6 bridgehead atoms. The molecule has 9 N–H and O–H groups in total. The van der Waals surface area contributed by atoms with Gasteiger partial charge < -0.3 is 46.4 Å². The van der Waals surface area contributed by atoms with Gasteiger partial charge in [-0.3, -0.25) is 14.4 Å². The third kappa shape index (κ3) is 4.45. The molecule has 3 unspecified atom stereocenters. The fourth-order valence-corrected chi connectivity index (χ4v) is 3.02. The molecule has 0 aromatic carbocycles. The van der Waals surface area contributed by atoms with E-state index < -0.39 is 35.8 Å². The van der Waals surface area contributed by atoms with Gasteiger partial charge in [0.1, 0.15) is 36.9 Å². The van der Waals surface area contributed by atoms with E-state index in [0.717, 1.165) is 18.8 Å². The lowest BCUT2D eigenvalue weighted by Crippen LogP contribution is -2.36. The van der Waals surface area contributed by atoms with E-state index in [1.165, 1.54) is 0 Å². The van der Waals surface area contributed by atoms with E-state index in [2.05, 4.69) is 30.9 Å². The van der Waals surface area contributed by atoms with Crippen molar-refractivity contribution in [1.29, 1.82) is 0 Å². The molecule has 0 spiro atoms. The summed E-state index contributed by atoms with van der Waals surface area (Å²) in [6, 6.07) is -2.58. The van der Waals surface area contributed by atoms with Crippen molar-refractivity contribution >= 4 is 17.7 Å². The summed E-state index contributed by atoms with van der Waals surface area (Å²) in [4.78, 5) is 50.1. The number of hydrogen-bond donors (Lipinski definition) is 6. The summed E-state index contributed by atoms with van der Waals surface area (Å²) in [6.45, 7) is -0.238. The average Bonchev–Trinajstić information content (AvgIpc) is 3.58. The first-order chi connectivity index (χ1) is 15.9. The molecule has 0 saturated heterocycles. The monoisotopic (exact) mass is 459 g/mol. The molecule has 1 aliphatic heterocycles. The van der Waals surface area contributed by atoms with Crippen LogP contribution in [0.2, 0.25) is 0 Å². The Balaban J connectivity index is 1.73. The van der Waals surface area contributed by atoms with Crippen LogP contribution in [0, 0.1) is 0 Å². The Morgan fingerprint density at radius 1 is 0.606 bits per heavy atom. The van der Waals surface area contributed by atoms with Gasteiger partial charge in [0, 0.05) is 19.6 Å². The zero-order valence-electron chi connectivity index (χ0n) is 17.1. The van der Waals surface area contributed by atoms with Crippen LogP contribution in [-0.2, 0) is 0 Å². The summed E-state index contributed by atoms with van der Waals surface area (Å²) in [5, 5.41) is 7.80. The number of aromatic nitrogens is 3. The van der Waals surface area contributed by atoms with Gasteiger partial charge in [-0.15, -0.1) is 0 Å². The number of nitrogens with zero attached hydrogens (tertiary/aromatic N) is 3. The van der Waals surface area contributed by atoms with E-state index in [1.54, 1.807) is 0 Å². The number of hydrogen-bond acceptors (Lipinski definition) is 12. The zero-order chi connectivity index (χ0) is 23.5. The van der Waals surface area contributed by atoms with Gasteiger partial charge in [0.05, 0.1) is 0 Å². The maximum Gasteiger partial charge on any atom is 0.273 e. The van der Waals surface area contributed by atoms with E-state index in [9.17, 15) is 14.4 Å². The van der Waals surface area contributed by atoms with Crippen molar-refractivity contribution < 1.29 is 27.6 Å². The molecule has 3 amide bonds. The summed E-state index contributed by atoms with van der Waals surface area (Å²) in [7, 11) is 0. The van der Waals surface area contributed by atoms with Crippen molar-refractivity contribution in [2.75, 3.05) is 19.6 Å². The molecule has 1 aliphatic rings. The third-order valence-corrected chi connectivity index (χ3v) is 4.78. The lowest BCUT2D eigenvalue weighted by molar-refractivity contribution is 0.0921. The lowest BCUT2D eigenvalue weighted by Gasteiger charge is -2.13. The SMILES string of the molecule is NCC1NC(=O)c2coc(n2)C(CN)NC(=O)c2coc(n2)C(CN)NC(=O)c2coc1n2. The van der Waals surface area contributed by atoms with Crippen molar-refractivity contribution in [1.82, 2.24) is 30.9 Å². The molecular formula is C18H21N9O6. The smallest absolute Gasteiger partial charge is 0.273 e. The summed E-state index contributed by atoms with van der Waals surface area (Å²) >= 11 is 0. The van der Waals surface area contributed by atoms with Gasteiger partial charge >= 0.3 is 0 Å². The van der Waals surface area contributed by atoms with E-state index in [4.69, 9.17) is 30.5 Å². The molecule has 0 aliphatic carbocycles. The number of carbonyl (C=O) groups is 3. The second-order valence-corrected chi connectivity index (χ2v) is 7.00. The second kappa shape index (κ2) is 9.19. The lowest BCUT2D eigenvalue weighted by atomic mass is 10.2. The molecule has 15 heteroatoms. The van der Waals surface area contributed by atoms with E-state index in [0.29, 0.717) is 0 Å². The number of carbonyl (C=O) groups excluding carboxylic acids is 3. The first-order valence-corrected chi connectivity index (χ1v) is 9.82. The molecule has 33 heavy (non-hydrogen) atoms. The van der Waals surface area contributed by atoms with E-state index >= 15 is 0 Å². The standard InChI is InChI=1S/C18H21N9O6/c19-1-7-16-25-11(4-31-16)14(29)23-9(3-21)18-27-12(6-33-18)15(30)24-8(2-20)17-26-10(5-32-17)13(28)22-7/h4-9H,1-3,19-21H2,(H,22,28)(H,23,29)(H,24,30). The van der Waals surface area contributed by atoms with Crippen LogP contribution in [0.3, 0.4) is 0 Å². The number of amides is 3. The van der Waals surface area contributed by atoms with Crippen molar-refractivity contribution in [3.8, 4) is 0 Å². The fraction of sp³-hybridized carbons (Fsp3) is 0.333.